The highest BCUT2D eigenvalue weighted by Gasteiger charge is 2.25. The number of carbonyl (C=O) groups excluding carboxylic acids is 1. The molecule has 1 aliphatic heterocycles. The van der Waals surface area contributed by atoms with Gasteiger partial charge < -0.3 is 30.5 Å². The molecule has 210 valence electrons. The molecule has 12 heteroatoms. The molecule has 0 radical (unpaired) electrons. The molecule has 1 aliphatic rings. The fourth-order valence-electron chi connectivity index (χ4n) is 4.90. The van der Waals surface area contributed by atoms with Crippen molar-refractivity contribution in [2.45, 2.75) is 6.42 Å². The van der Waals surface area contributed by atoms with Crippen molar-refractivity contribution in [2.24, 2.45) is 5.73 Å². The van der Waals surface area contributed by atoms with Crippen LogP contribution >= 0.6 is 11.6 Å². The molecule has 1 fully saturated rings. The van der Waals surface area contributed by atoms with Gasteiger partial charge in [-0.2, -0.15) is 4.98 Å². The van der Waals surface area contributed by atoms with E-state index in [0.717, 1.165) is 10.8 Å². The van der Waals surface area contributed by atoms with Gasteiger partial charge in [-0.25, -0.2) is 9.37 Å². The smallest absolute Gasteiger partial charge is 0.307 e. The van der Waals surface area contributed by atoms with Gasteiger partial charge in [0.15, 0.2) is 5.82 Å². The van der Waals surface area contributed by atoms with Crippen LogP contribution in [0.2, 0.25) is 5.02 Å². The van der Waals surface area contributed by atoms with Crippen LogP contribution in [0, 0.1) is 5.82 Å². The molecule has 0 amide bonds. The number of aromatic hydroxyl groups is 1. The molecule has 4 N–H and O–H groups in total. The highest BCUT2D eigenvalue weighted by molar-refractivity contribution is 6.35. The minimum absolute atomic E-state index is 0.00529. The molecular weight excluding hydrogens is 539 g/mol. The number of piperazine rings is 1. The Hall–Kier alpha value is -3.77. The second-order valence-electron chi connectivity index (χ2n) is 9.39. The molecule has 10 nitrogen and oxygen atoms in total. The number of hydrogen-bond donors (Lipinski definition) is 3. The minimum Gasteiger partial charge on any atom is -0.508 e. The Labute approximate surface area is 235 Å². The number of carbonyl (C=O) groups is 1. The summed E-state index contributed by atoms with van der Waals surface area (Å²) in [7, 11) is 1.32. The van der Waals surface area contributed by atoms with Crippen molar-refractivity contribution in [3.63, 3.8) is 0 Å². The lowest BCUT2D eigenvalue weighted by atomic mass is 9.96. The summed E-state index contributed by atoms with van der Waals surface area (Å²) >= 11 is 6.76. The number of benzene rings is 3. The number of esters is 1. The molecule has 4 aromatic rings. The Morgan fingerprint density at radius 2 is 1.93 bits per heavy atom. The monoisotopic (exact) mass is 568 g/mol. The van der Waals surface area contributed by atoms with E-state index in [2.05, 4.69) is 15.2 Å². The number of phenols is 1. The van der Waals surface area contributed by atoms with Crippen LogP contribution < -0.4 is 16.0 Å². The first-order valence-corrected chi connectivity index (χ1v) is 13.2. The average molecular weight is 569 g/mol. The van der Waals surface area contributed by atoms with Gasteiger partial charge in [0.1, 0.15) is 23.8 Å². The molecule has 0 atom stereocenters. The second-order valence-corrected chi connectivity index (χ2v) is 9.79. The van der Waals surface area contributed by atoms with E-state index < -0.39 is 5.82 Å². The van der Waals surface area contributed by atoms with Gasteiger partial charge in [-0.3, -0.25) is 9.69 Å². The van der Waals surface area contributed by atoms with E-state index in [9.17, 15) is 9.90 Å². The number of nitrogens with two attached hydrogens (primary N) is 1. The summed E-state index contributed by atoms with van der Waals surface area (Å²) in [6.07, 6.45) is 0.0939. The molecule has 40 heavy (non-hydrogen) atoms. The Balaban J connectivity index is 1.61. The number of nitrogens with zero attached hydrogens (tertiary/aromatic N) is 4. The number of hydrogen-bond acceptors (Lipinski definition) is 10. The molecule has 5 rings (SSSR count). The number of fused-ring (bicyclic) bond motifs is 2. The van der Waals surface area contributed by atoms with E-state index in [1.54, 1.807) is 12.1 Å². The van der Waals surface area contributed by atoms with Gasteiger partial charge in [0.05, 0.1) is 25.3 Å². The minimum atomic E-state index is -0.632. The van der Waals surface area contributed by atoms with Crippen molar-refractivity contribution in [2.75, 3.05) is 63.5 Å². The van der Waals surface area contributed by atoms with Crippen LogP contribution in [-0.4, -0.2) is 79.2 Å². The molecule has 1 saturated heterocycles. The molecule has 0 saturated carbocycles. The first-order valence-electron chi connectivity index (χ1n) is 12.9. The maximum Gasteiger partial charge on any atom is 0.307 e. The van der Waals surface area contributed by atoms with Crippen LogP contribution in [0.15, 0.2) is 42.5 Å². The zero-order chi connectivity index (χ0) is 28.2. The molecule has 2 heterocycles. The van der Waals surface area contributed by atoms with E-state index in [4.69, 9.17) is 31.8 Å². The van der Waals surface area contributed by atoms with Gasteiger partial charge in [-0.05, 0) is 34.5 Å². The Bertz CT molecular complexity index is 1550. The third-order valence-electron chi connectivity index (χ3n) is 6.88. The van der Waals surface area contributed by atoms with Crippen molar-refractivity contribution >= 4 is 51.0 Å². The molecule has 0 unspecified atom stereocenters. The van der Waals surface area contributed by atoms with Gasteiger partial charge in [-0.15, -0.1) is 0 Å². The van der Waals surface area contributed by atoms with Gasteiger partial charge in [0, 0.05) is 43.7 Å². The number of ether oxygens (including phenoxy) is 2. The summed E-state index contributed by atoms with van der Waals surface area (Å²) in [4.78, 5) is 25.0. The number of phenolic OH excluding ortho intramolecular Hbond substituents is 1. The number of halogens is 2. The van der Waals surface area contributed by atoms with Crippen molar-refractivity contribution in [1.82, 2.24) is 14.9 Å². The molecular formula is C28H30ClFN6O4. The van der Waals surface area contributed by atoms with Crippen LogP contribution in [0.25, 0.3) is 32.8 Å². The summed E-state index contributed by atoms with van der Waals surface area (Å²) < 4.78 is 26.5. The molecule has 0 aliphatic carbocycles. The average Bonchev–Trinajstić information content (AvgIpc) is 2.96. The first-order chi connectivity index (χ1) is 19.4. The van der Waals surface area contributed by atoms with Crippen LogP contribution in [0.4, 0.5) is 16.2 Å². The van der Waals surface area contributed by atoms with E-state index in [0.29, 0.717) is 49.7 Å². The predicted molar refractivity (Wildman–Crippen MR) is 153 cm³/mol. The van der Waals surface area contributed by atoms with Gasteiger partial charge in [-0.1, -0.05) is 35.9 Å². The summed E-state index contributed by atoms with van der Waals surface area (Å²) in [5, 5.41) is 15.5. The summed E-state index contributed by atoms with van der Waals surface area (Å²) in [6, 6.07) is 12.2. The Morgan fingerprint density at radius 1 is 1.15 bits per heavy atom. The summed E-state index contributed by atoms with van der Waals surface area (Å²) in [6.45, 7) is 3.39. The zero-order valence-electron chi connectivity index (χ0n) is 22.0. The lowest BCUT2D eigenvalue weighted by Gasteiger charge is -2.35. The van der Waals surface area contributed by atoms with Crippen molar-refractivity contribution in [3.8, 4) is 16.9 Å². The quantitative estimate of drug-likeness (QED) is 0.202. The van der Waals surface area contributed by atoms with E-state index >= 15 is 4.39 Å². The van der Waals surface area contributed by atoms with E-state index in [1.165, 1.54) is 13.2 Å². The number of nitrogens with one attached hydrogen (secondary N) is 1. The lowest BCUT2D eigenvalue weighted by Crippen LogP contribution is -2.47. The van der Waals surface area contributed by atoms with Gasteiger partial charge >= 0.3 is 5.97 Å². The normalized spacial score (nSPS) is 14.2. The van der Waals surface area contributed by atoms with Crippen molar-refractivity contribution in [1.29, 1.82) is 0 Å². The lowest BCUT2D eigenvalue weighted by molar-refractivity contribution is -0.140. The first kappa shape index (κ1) is 27.8. The van der Waals surface area contributed by atoms with E-state index in [-0.39, 0.29) is 53.5 Å². The Morgan fingerprint density at radius 3 is 2.67 bits per heavy atom. The summed E-state index contributed by atoms with van der Waals surface area (Å²) in [5.74, 6) is -0.325. The van der Waals surface area contributed by atoms with E-state index in [1.807, 2.05) is 29.2 Å². The van der Waals surface area contributed by atoms with Crippen LogP contribution in [0.1, 0.15) is 6.42 Å². The molecule has 0 spiro atoms. The van der Waals surface area contributed by atoms with Crippen molar-refractivity contribution in [3.05, 3.63) is 53.3 Å². The zero-order valence-corrected chi connectivity index (χ0v) is 22.7. The van der Waals surface area contributed by atoms with Crippen LogP contribution in [0.3, 0.4) is 0 Å². The SMILES string of the molecule is COC(=O)CCNc1nc(N2CCN(COCN)CC2)c2cc(Cl)c(-c3cc(O)cc4ccccc34)c(F)c2n1. The number of aromatic nitrogens is 2. The Kier molecular flexibility index (Phi) is 8.46. The maximum atomic E-state index is 16.5. The molecule has 3 aromatic carbocycles. The molecule has 1 aromatic heterocycles. The second kappa shape index (κ2) is 12.2. The summed E-state index contributed by atoms with van der Waals surface area (Å²) in [5.41, 5.74) is 6.12. The van der Waals surface area contributed by atoms with Crippen LogP contribution in [0.5, 0.6) is 5.75 Å². The third kappa shape index (κ3) is 5.73. The fraction of sp³-hybridized carbons (Fsp3) is 0.321. The number of methoxy groups -OCH3 is 1. The van der Waals surface area contributed by atoms with Crippen molar-refractivity contribution < 1.29 is 23.8 Å². The maximum absolute atomic E-state index is 16.5. The number of rotatable bonds is 9. The largest absolute Gasteiger partial charge is 0.508 e. The van der Waals surface area contributed by atoms with Gasteiger partial charge in [0.25, 0.3) is 0 Å². The van der Waals surface area contributed by atoms with Gasteiger partial charge in [0.2, 0.25) is 5.95 Å². The number of anilines is 2. The highest BCUT2D eigenvalue weighted by Crippen LogP contribution is 2.42. The third-order valence-corrected chi connectivity index (χ3v) is 7.18. The standard InChI is InChI=1S/C28H30ClFN6O4/c1-39-23(38)6-7-32-28-33-26-21(27(34-28)36-10-8-35(9-11-36)16-40-15-31)14-22(29)24(25(26)30)20-13-18(37)12-17-4-2-3-5-19(17)20/h2-5,12-14,37H,6-11,15-16,31H2,1H3,(H,32,33,34). The topological polar surface area (TPSA) is 126 Å². The predicted octanol–water partition coefficient (Wildman–Crippen LogP) is 3.94. The highest BCUT2D eigenvalue weighted by atomic mass is 35.5. The fourth-order valence-corrected chi connectivity index (χ4v) is 5.19. The van der Waals surface area contributed by atoms with Crippen LogP contribution in [-0.2, 0) is 14.3 Å². The molecule has 0 bridgehead atoms.